The van der Waals surface area contributed by atoms with Gasteiger partial charge in [-0.05, 0) is 47.5 Å². The van der Waals surface area contributed by atoms with Crippen molar-refractivity contribution >= 4 is 36.0 Å². The van der Waals surface area contributed by atoms with Crippen LogP contribution in [0.1, 0.15) is 61.3 Å². The summed E-state index contributed by atoms with van der Waals surface area (Å²) in [5, 5.41) is 9.85. The molecule has 1 saturated heterocycles. The summed E-state index contributed by atoms with van der Waals surface area (Å²) in [5.41, 5.74) is -0.917. The van der Waals surface area contributed by atoms with Crippen LogP contribution in [0, 0.1) is 0 Å². The summed E-state index contributed by atoms with van der Waals surface area (Å²) in [7, 11) is 1.76. The second-order valence-electron chi connectivity index (χ2n) is 8.93. The van der Waals surface area contributed by atoms with E-state index in [4.69, 9.17) is 9.47 Å². The molecule has 0 aromatic heterocycles. The Labute approximate surface area is 200 Å². The average molecular weight is 542 g/mol. The van der Waals surface area contributed by atoms with Crippen LogP contribution in [0.2, 0.25) is 0 Å². The average Bonchev–Trinajstić information content (AvgIpc) is 2.65. The van der Waals surface area contributed by atoms with Gasteiger partial charge in [-0.2, -0.15) is 0 Å². The van der Waals surface area contributed by atoms with E-state index in [9.17, 15) is 4.79 Å². The first-order valence-corrected chi connectivity index (χ1v) is 10.8. The van der Waals surface area contributed by atoms with Crippen LogP contribution < -0.4 is 16.0 Å². The molecule has 0 aromatic rings. The largest absolute Gasteiger partial charge is 0.444 e. The highest BCUT2D eigenvalue weighted by atomic mass is 127. The number of nitrogens with zero attached hydrogens (tertiary/aromatic N) is 2. The Morgan fingerprint density at radius 3 is 2.40 bits per heavy atom. The summed E-state index contributed by atoms with van der Waals surface area (Å²) in [5.74, 6) is 0.732. The van der Waals surface area contributed by atoms with Crippen LogP contribution in [-0.2, 0) is 9.47 Å². The minimum Gasteiger partial charge on any atom is -0.444 e. The number of carbonyl (C=O) groups is 1. The molecule has 178 valence electrons. The van der Waals surface area contributed by atoms with Gasteiger partial charge in [-0.25, -0.2) is 4.79 Å². The van der Waals surface area contributed by atoms with Gasteiger partial charge in [0.15, 0.2) is 5.96 Å². The molecule has 0 aromatic carbocycles. The first-order chi connectivity index (χ1) is 13.6. The fraction of sp³-hybridized carbons (Fsp3) is 0.905. The second-order valence-corrected chi connectivity index (χ2v) is 8.93. The molecule has 8 nitrogen and oxygen atoms in total. The van der Waals surface area contributed by atoms with Gasteiger partial charge < -0.3 is 25.4 Å². The zero-order chi connectivity index (χ0) is 22.1. The van der Waals surface area contributed by atoms with Crippen molar-refractivity contribution in [2.45, 2.75) is 84.5 Å². The van der Waals surface area contributed by atoms with Crippen LogP contribution in [0.25, 0.3) is 0 Å². The van der Waals surface area contributed by atoms with Gasteiger partial charge in [0.2, 0.25) is 0 Å². The SMILES string of the molecule is CCC(CC)(CNC(=NC)NCC(C)N1CCOCC1C)NC(=O)OC(C)(C)C.I. The van der Waals surface area contributed by atoms with Gasteiger partial charge in [0.05, 0.1) is 18.8 Å². The third-order valence-electron chi connectivity index (χ3n) is 5.49. The number of guanidine groups is 1. The minimum atomic E-state index is -0.519. The lowest BCUT2D eigenvalue weighted by Crippen LogP contribution is -2.58. The number of morpholine rings is 1. The molecule has 1 rings (SSSR count). The topological polar surface area (TPSA) is 87.2 Å². The maximum atomic E-state index is 12.3. The summed E-state index contributed by atoms with van der Waals surface area (Å²) in [6.07, 6.45) is 1.18. The van der Waals surface area contributed by atoms with Gasteiger partial charge in [0.1, 0.15) is 5.60 Å². The molecule has 1 heterocycles. The zero-order valence-corrected chi connectivity index (χ0v) is 22.5. The molecule has 2 atom stereocenters. The van der Waals surface area contributed by atoms with Gasteiger partial charge in [-0.3, -0.25) is 9.89 Å². The Morgan fingerprint density at radius 2 is 1.90 bits per heavy atom. The molecule has 1 aliphatic rings. The van der Waals surface area contributed by atoms with E-state index in [0.29, 0.717) is 18.6 Å². The lowest BCUT2D eigenvalue weighted by atomic mass is 9.93. The van der Waals surface area contributed by atoms with Gasteiger partial charge in [0.25, 0.3) is 0 Å². The van der Waals surface area contributed by atoms with Crippen LogP contribution in [-0.4, -0.2) is 80.1 Å². The molecule has 0 radical (unpaired) electrons. The van der Waals surface area contributed by atoms with Crippen molar-refractivity contribution in [1.82, 2.24) is 20.9 Å². The highest BCUT2D eigenvalue weighted by Gasteiger charge is 2.31. The number of rotatable bonds is 8. The normalized spacial score (nSPS) is 19.5. The fourth-order valence-corrected chi connectivity index (χ4v) is 3.47. The van der Waals surface area contributed by atoms with Crippen molar-refractivity contribution in [2.24, 2.45) is 4.99 Å². The number of alkyl carbamates (subject to hydrolysis) is 1. The van der Waals surface area contributed by atoms with Gasteiger partial charge in [-0.1, -0.05) is 13.8 Å². The Bertz CT molecular complexity index is 535. The molecule has 0 bridgehead atoms. The summed E-state index contributed by atoms with van der Waals surface area (Å²) in [4.78, 5) is 19.1. The van der Waals surface area contributed by atoms with Crippen molar-refractivity contribution < 1.29 is 14.3 Å². The van der Waals surface area contributed by atoms with Crippen molar-refractivity contribution in [3.8, 4) is 0 Å². The first kappa shape index (κ1) is 29.2. The number of ether oxygens (including phenoxy) is 2. The molecule has 30 heavy (non-hydrogen) atoms. The Kier molecular flexibility index (Phi) is 13.2. The van der Waals surface area contributed by atoms with E-state index in [1.807, 2.05) is 20.8 Å². The molecule has 0 aliphatic carbocycles. The number of hydrogen-bond donors (Lipinski definition) is 3. The van der Waals surface area contributed by atoms with Crippen molar-refractivity contribution in [3.05, 3.63) is 0 Å². The Hall–Kier alpha value is -0.810. The van der Waals surface area contributed by atoms with E-state index < -0.39 is 11.1 Å². The van der Waals surface area contributed by atoms with Crippen LogP contribution in [0.5, 0.6) is 0 Å². The van der Waals surface area contributed by atoms with Crippen LogP contribution in [0.3, 0.4) is 0 Å². The number of aliphatic imine (C=N–C) groups is 1. The zero-order valence-electron chi connectivity index (χ0n) is 20.1. The minimum absolute atomic E-state index is 0. The maximum Gasteiger partial charge on any atom is 0.408 e. The van der Waals surface area contributed by atoms with E-state index in [2.05, 4.69) is 53.5 Å². The smallest absolute Gasteiger partial charge is 0.408 e. The summed E-state index contributed by atoms with van der Waals surface area (Å²) < 4.78 is 11.0. The summed E-state index contributed by atoms with van der Waals surface area (Å²) in [6, 6.07) is 0.788. The predicted molar refractivity (Wildman–Crippen MR) is 134 cm³/mol. The predicted octanol–water partition coefficient (Wildman–Crippen LogP) is 2.96. The second kappa shape index (κ2) is 13.6. The van der Waals surface area contributed by atoms with Crippen molar-refractivity contribution in [1.29, 1.82) is 0 Å². The van der Waals surface area contributed by atoms with E-state index in [0.717, 1.165) is 45.1 Å². The third kappa shape index (κ3) is 10.00. The number of amides is 1. The van der Waals surface area contributed by atoms with Crippen molar-refractivity contribution in [2.75, 3.05) is 39.9 Å². The van der Waals surface area contributed by atoms with E-state index in [-0.39, 0.29) is 30.1 Å². The van der Waals surface area contributed by atoms with Crippen LogP contribution in [0.15, 0.2) is 4.99 Å². The Balaban J connectivity index is 0.00000841. The van der Waals surface area contributed by atoms with Crippen LogP contribution in [0.4, 0.5) is 4.79 Å². The number of nitrogens with one attached hydrogen (secondary N) is 3. The van der Waals surface area contributed by atoms with Crippen molar-refractivity contribution in [3.63, 3.8) is 0 Å². The lowest BCUT2D eigenvalue weighted by Gasteiger charge is -2.38. The molecular weight excluding hydrogens is 497 g/mol. The fourth-order valence-electron chi connectivity index (χ4n) is 3.47. The lowest BCUT2D eigenvalue weighted by molar-refractivity contribution is -0.0174. The van der Waals surface area contributed by atoms with E-state index in [1.54, 1.807) is 7.05 Å². The standard InChI is InChI=1S/C21H43N5O3.HI/c1-9-21(10-2,25-19(27)29-20(5,6)7)15-24-18(22-8)23-13-16(3)26-11-12-28-14-17(26)4;/h16-17H,9-15H2,1-8H3,(H,25,27)(H2,22,23,24);1H. The first-order valence-electron chi connectivity index (χ1n) is 10.8. The van der Waals surface area contributed by atoms with Crippen LogP contribution >= 0.6 is 24.0 Å². The molecule has 9 heteroatoms. The summed E-state index contributed by atoms with van der Waals surface area (Å²) in [6.45, 7) is 18.0. The molecule has 1 aliphatic heterocycles. The van der Waals surface area contributed by atoms with Gasteiger partial charge in [-0.15, -0.1) is 24.0 Å². The molecule has 1 amide bonds. The molecule has 0 spiro atoms. The maximum absolute atomic E-state index is 12.3. The summed E-state index contributed by atoms with van der Waals surface area (Å²) >= 11 is 0. The highest BCUT2D eigenvalue weighted by molar-refractivity contribution is 14.0. The molecular formula is C21H44IN5O3. The number of carbonyl (C=O) groups excluding carboxylic acids is 1. The quantitative estimate of drug-likeness (QED) is 0.249. The molecule has 0 saturated carbocycles. The molecule has 3 N–H and O–H groups in total. The van der Waals surface area contributed by atoms with E-state index >= 15 is 0 Å². The highest BCUT2D eigenvalue weighted by Crippen LogP contribution is 2.16. The monoisotopic (exact) mass is 541 g/mol. The Morgan fingerprint density at radius 1 is 1.27 bits per heavy atom. The molecule has 2 unspecified atom stereocenters. The van der Waals surface area contributed by atoms with Gasteiger partial charge >= 0.3 is 6.09 Å². The molecule has 1 fully saturated rings. The number of hydrogen-bond acceptors (Lipinski definition) is 5. The van der Waals surface area contributed by atoms with Gasteiger partial charge in [0, 0.05) is 38.8 Å². The van der Waals surface area contributed by atoms with E-state index in [1.165, 1.54) is 0 Å². The third-order valence-corrected chi connectivity index (χ3v) is 5.49. The number of halogens is 1.